The van der Waals surface area contributed by atoms with Crippen LogP contribution in [0.1, 0.15) is 30.9 Å². The van der Waals surface area contributed by atoms with Gasteiger partial charge in [-0.15, -0.1) is 0 Å². The van der Waals surface area contributed by atoms with Crippen molar-refractivity contribution in [1.82, 2.24) is 0 Å². The Morgan fingerprint density at radius 2 is 1.63 bits per heavy atom. The second-order valence-corrected chi connectivity index (χ2v) is 5.64. The molecule has 0 unspecified atom stereocenters. The smallest absolute Gasteiger partial charge is 0.0367 e. The van der Waals surface area contributed by atoms with Gasteiger partial charge in [0, 0.05) is 19.8 Å². The van der Waals surface area contributed by atoms with E-state index in [1.54, 1.807) is 0 Å². The van der Waals surface area contributed by atoms with Gasteiger partial charge in [0.1, 0.15) is 0 Å². The van der Waals surface area contributed by atoms with Crippen molar-refractivity contribution in [3.63, 3.8) is 0 Å². The van der Waals surface area contributed by atoms with Crippen molar-refractivity contribution in [1.29, 1.82) is 0 Å². The summed E-state index contributed by atoms with van der Waals surface area (Å²) in [5, 5.41) is 0. The quantitative estimate of drug-likeness (QED) is 0.755. The highest BCUT2D eigenvalue weighted by molar-refractivity contribution is 5.74. The van der Waals surface area contributed by atoms with Crippen LogP contribution in [0.15, 0.2) is 42.5 Å². The van der Waals surface area contributed by atoms with Crippen LogP contribution in [-0.2, 0) is 0 Å². The first-order valence-electron chi connectivity index (χ1n) is 6.88. The third kappa shape index (κ3) is 2.81. The Morgan fingerprint density at radius 3 is 2.26 bits per heavy atom. The lowest BCUT2D eigenvalue weighted by Gasteiger charge is -2.18. The second-order valence-electron chi connectivity index (χ2n) is 5.64. The van der Waals surface area contributed by atoms with Gasteiger partial charge in [-0.1, -0.05) is 44.2 Å². The van der Waals surface area contributed by atoms with Gasteiger partial charge < -0.3 is 4.90 Å². The minimum absolute atomic E-state index is 0.540. The summed E-state index contributed by atoms with van der Waals surface area (Å²) < 4.78 is 0. The maximum absolute atomic E-state index is 2.27. The number of benzene rings is 2. The van der Waals surface area contributed by atoms with Gasteiger partial charge in [0.15, 0.2) is 0 Å². The first-order valence-corrected chi connectivity index (χ1v) is 6.88. The minimum atomic E-state index is 0.540. The highest BCUT2D eigenvalue weighted by Crippen LogP contribution is 2.33. The number of nitrogens with zero attached hydrogens (tertiary/aromatic N) is 1. The number of anilines is 1. The van der Waals surface area contributed by atoms with E-state index < -0.39 is 0 Å². The van der Waals surface area contributed by atoms with Crippen molar-refractivity contribution in [3.8, 4) is 11.1 Å². The van der Waals surface area contributed by atoms with E-state index in [1.165, 1.54) is 27.9 Å². The monoisotopic (exact) mass is 253 g/mol. The Hall–Kier alpha value is -1.76. The number of rotatable bonds is 3. The van der Waals surface area contributed by atoms with Gasteiger partial charge in [0.25, 0.3) is 0 Å². The molecule has 1 heteroatoms. The molecule has 0 radical (unpaired) electrons. The molecule has 0 N–H and O–H groups in total. The molecular formula is C18H23N. The number of hydrogen-bond acceptors (Lipinski definition) is 1. The van der Waals surface area contributed by atoms with E-state index in [2.05, 4.69) is 82.2 Å². The molecule has 0 heterocycles. The zero-order valence-electron chi connectivity index (χ0n) is 12.6. The standard InChI is InChI=1S/C18H23N/c1-13(2)17-11-6-8-14(3)18(17)15-9-7-10-16(12-15)19(4)5/h6-13H,1-5H3. The summed E-state index contributed by atoms with van der Waals surface area (Å²) in [7, 11) is 4.17. The lowest BCUT2D eigenvalue weighted by atomic mass is 9.89. The fourth-order valence-electron chi connectivity index (χ4n) is 2.51. The molecular weight excluding hydrogens is 230 g/mol. The topological polar surface area (TPSA) is 3.24 Å². The van der Waals surface area contributed by atoms with E-state index in [0.717, 1.165) is 0 Å². The van der Waals surface area contributed by atoms with Crippen molar-refractivity contribution < 1.29 is 0 Å². The number of hydrogen-bond donors (Lipinski definition) is 0. The Labute approximate surface area is 116 Å². The van der Waals surface area contributed by atoms with E-state index in [4.69, 9.17) is 0 Å². The summed E-state index contributed by atoms with van der Waals surface area (Å²) in [5.41, 5.74) is 6.72. The van der Waals surface area contributed by atoms with Crippen molar-refractivity contribution in [3.05, 3.63) is 53.6 Å². The largest absolute Gasteiger partial charge is 0.378 e. The zero-order valence-corrected chi connectivity index (χ0v) is 12.6. The first-order chi connectivity index (χ1) is 9.00. The highest BCUT2D eigenvalue weighted by Gasteiger charge is 2.11. The van der Waals surface area contributed by atoms with E-state index in [1.807, 2.05) is 0 Å². The van der Waals surface area contributed by atoms with Crippen LogP contribution in [0.3, 0.4) is 0 Å². The summed E-state index contributed by atoms with van der Waals surface area (Å²) in [4.78, 5) is 2.15. The molecule has 0 atom stereocenters. The van der Waals surface area contributed by atoms with Gasteiger partial charge in [-0.2, -0.15) is 0 Å². The molecule has 0 fully saturated rings. The summed E-state index contributed by atoms with van der Waals surface area (Å²) in [6, 6.07) is 15.4. The molecule has 100 valence electrons. The first kappa shape index (κ1) is 13.7. The minimum Gasteiger partial charge on any atom is -0.378 e. The molecule has 0 aliphatic rings. The van der Waals surface area contributed by atoms with Crippen molar-refractivity contribution in [2.24, 2.45) is 0 Å². The zero-order chi connectivity index (χ0) is 14.0. The molecule has 0 saturated carbocycles. The Balaban J connectivity index is 2.61. The summed E-state index contributed by atoms with van der Waals surface area (Å²) in [5.74, 6) is 0.540. The van der Waals surface area contributed by atoms with Crippen LogP contribution in [0.4, 0.5) is 5.69 Å². The fourth-order valence-corrected chi connectivity index (χ4v) is 2.51. The Kier molecular flexibility index (Phi) is 3.94. The summed E-state index contributed by atoms with van der Waals surface area (Å²) in [6.07, 6.45) is 0. The average Bonchev–Trinajstić information content (AvgIpc) is 2.38. The SMILES string of the molecule is Cc1cccc(C(C)C)c1-c1cccc(N(C)C)c1. The van der Waals surface area contributed by atoms with E-state index in [-0.39, 0.29) is 0 Å². The lowest BCUT2D eigenvalue weighted by Crippen LogP contribution is -2.08. The van der Waals surface area contributed by atoms with Crippen LogP contribution < -0.4 is 4.90 Å². The lowest BCUT2D eigenvalue weighted by molar-refractivity contribution is 0.867. The van der Waals surface area contributed by atoms with Gasteiger partial charge in [0.2, 0.25) is 0 Å². The van der Waals surface area contributed by atoms with Crippen LogP contribution in [-0.4, -0.2) is 14.1 Å². The van der Waals surface area contributed by atoms with Crippen LogP contribution >= 0.6 is 0 Å². The molecule has 2 aromatic rings. The molecule has 0 amide bonds. The fraction of sp³-hybridized carbons (Fsp3) is 0.333. The van der Waals surface area contributed by atoms with Crippen LogP contribution in [0.5, 0.6) is 0 Å². The Morgan fingerprint density at radius 1 is 0.947 bits per heavy atom. The number of aryl methyl sites for hydroxylation is 1. The van der Waals surface area contributed by atoms with Crippen molar-refractivity contribution in [2.45, 2.75) is 26.7 Å². The molecule has 1 nitrogen and oxygen atoms in total. The van der Waals surface area contributed by atoms with Crippen LogP contribution in [0.25, 0.3) is 11.1 Å². The van der Waals surface area contributed by atoms with E-state index in [0.29, 0.717) is 5.92 Å². The molecule has 19 heavy (non-hydrogen) atoms. The van der Waals surface area contributed by atoms with Gasteiger partial charge in [0.05, 0.1) is 0 Å². The van der Waals surface area contributed by atoms with E-state index >= 15 is 0 Å². The van der Waals surface area contributed by atoms with Crippen molar-refractivity contribution in [2.75, 3.05) is 19.0 Å². The normalized spacial score (nSPS) is 10.8. The molecule has 0 spiro atoms. The van der Waals surface area contributed by atoms with Gasteiger partial charge in [-0.05, 0) is 47.2 Å². The average molecular weight is 253 g/mol. The van der Waals surface area contributed by atoms with Crippen LogP contribution in [0.2, 0.25) is 0 Å². The maximum atomic E-state index is 2.27. The van der Waals surface area contributed by atoms with Crippen LogP contribution in [0, 0.1) is 6.92 Å². The predicted octanol–water partition coefficient (Wildman–Crippen LogP) is 4.85. The summed E-state index contributed by atoms with van der Waals surface area (Å²) in [6.45, 7) is 6.71. The van der Waals surface area contributed by atoms with E-state index in [9.17, 15) is 0 Å². The highest BCUT2D eigenvalue weighted by atomic mass is 15.1. The molecule has 0 aliphatic heterocycles. The molecule has 2 rings (SSSR count). The molecule has 0 aromatic heterocycles. The molecule has 2 aromatic carbocycles. The molecule has 0 aliphatic carbocycles. The summed E-state index contributed by atoms with van der Waals surface area (Å²) >= 11 is 0. The molecule has 0 bridgehead atoms. The molecule has 0 saturated heterocycles. The Bertz CT molecular complexity index is 568. The predicted molar refractivity (Wildman–Crippen MR) is 85.0 cm³/mol. The third-order valence-corrected chi connectivity index (χ3v) is 3.58. The van der Waals surface area contributed by atoms with Gasteiger partial charge in [-0.25, -0.2) is 0 Å². The second kappa shape index (κ2) is 5.48. The van der Waals surface area contributed by atoms with Crippen molar-refractivity contribution >= 4 is 5.69 Å². The van der Waals surface area contributed by atoms with Gasteiger partial charge >= 0.3 is 0 Å². The maximum Gasteiger partial charge on any atom is 0.0367 e. The van der Waals surface area contributed by atoms with Gasteiger partial charge in [-0.3, -0.25) is 0 Å². The third-order valence-electron chi connectivity index (χ3n) is 3.58.